The van der Waals surface area contributed by atoms with Crippen LogP contribution in [0.2, 0.25) is 0 Å². The van der Waals surface area contributed by atoms with E-state index < -0.39 is 7.82 Å². The second-order valence-electron chi connectivity index (χ2n) is 5.83. The third-order valence-corrected chi connectivity index (χ3v) is 3.51. The van der Waals surface area contributed by atoms with Gasteiger partial charge in [-0.25, -0.2) is 4.57 Å². The molecule has 0 aliphatic rings. The molecule has 0 amide bonds. The van der Waals surface area contributed by atoms with Gasteiger partial charge in [-0.1, -0.05) is 90.4 Å². The van der Waals surface area contributed by atoms with Crippen molar-refractivity contribution in [2.24, 2.45) is 0 Å². The number of unbranched alkanes of at least 4 members (excludes halogenated alkanes) is 13. The molecule has 0 aromatic carbocycles. The van der Waals surface area contributed by atoms with Crippen LogP contribution in [0.4, 0.5) is 0 Å². The molecule has 0 atom stereocenters. The average molecular weight is 381 g/mol. The molecule has 4 N–H and O–H groups in total. The topological polar surface area (TPSA) is 98.0 Å². The molecule has 0 aliphatic carbocycles. The SMILES string of the molecule is CCCCCCCCCCCCCCCCO.O=P(O)(O)O.[H-].[K+]. The summed E-state index contributed by atoms with van der Waals surface area (Å²) in [5, 5.41) is 8.64. The van der Waals surface area contributed by atoms with Crippen molar-refractivity contribution in [3.63, 3.8) is 0 Å². The Bertz CT molecular complexity index is 232. The van der Waals surface area contributed by atoms with Crippen molar-refractivity contribution >= 4 is 7.82 Å². The first-order chi connectivity index (χ1) is 10.4. The van der Waals surface area contributed by atoms with Gasteiger partial charge in [-0.3, -0.25) is 0 Å². The van der Waals surface area contributed by atoms with Gasteiger partial charge in [0.1, 0.15) is 0 Å². The summed E-state index contributed by atoms with van der Waals surface area (Å²) in [6.07, 6.45) is 19.2. The molecule has 0 aromatic rings. The van der Waals surface area contributed by atoms with Crippen LogP contribution in [-0.2, 0) is 4.57 Å². The maximum atomic E-state index is 8.88. The van der Waals surface area contributed by atoms with Crippen molar-refractivity contribution in [2.75, 3.05) is 6.61 Å². The minimum absolute atomic E-state index is 0. The second kappa shape index (κ2) is 23.7. The van der Waals surface area contributed by atoms with Crippen molar-refractivity contribution in [1.29, 1.82) is 0 Å². The Balaban J connectivity index is -0.000000250. The van der Waals surface area contributed by atoms with E-state index in [9.17, 15) is 0 Å². The summed E-state index contributed by atoms with van der Waals surface area (Å²) in [6.45, 7) is 2.65. The fourth-order valence-corrected chi connectivity index (χ4v) is 2.31. The van der Waals surface area contributed by atoms with Crippen molar-refractivity contribution in [3.8, 4) is 0 Å². The number of aliphatic hydroxyl groups is 1. The molecule has 0 unspecified atom stereocenters. The zero-order valence-electron chi connectivity index (χ0n) is 16.3. The third kappa shape index (κ3) is 45.3. The molecular formula is C16H38KO5P. The van der Waals surface area contributed by atoms with Gasteiger partial charge in [0.05, 0.1) is 0 Å². The first-order valence-corrected chi connectivity index (χ1v) is 10.4. The number of phosphoric acid groups is 1. The van der Waals surface area contributed by atoms with E-state index in [0.29, 0.717) is 6.61 Å². The molecule has 0 heterocycles. The monoisotopic (exact) mass is 380 g/mol. The Labute approximate surface area is 186 Å². The van der Waals surface area contributed by atoms with Crippen LogP contribution in [0, 0.1) is 0 Å². The van der Waals surface area contributed by atoms with Gasteiger partial charge in [-0.15, -0.1) is 0 Å². The van der Waals surface area contributed by atoms with Crippen molar-refractivity contribution in [1.82, 2.24) is 0 Å². The standard InChI is InChI=1S/C16H34O.K.H3O4P.H/c1-2-3-4-5-6-7-8-9-10-11-12-13-14-15-16-17;;1-5(2,3)4;/h17H,2-16H2,1H3;;(H3,1,2,3,4);/q;+1;;-1. The molecule has 0 rings (SSSR count). The largest absolute Gasteiger partial charge is 1.00 e. The van der Waals surface area contributed by atoms with E-state index in [1.54, 1.807) is 0 Å². The van der Waals surface area contributed by atoms with Crippen LogP contribution in [0.3, 0.4) is 0 Å². The van der Waals surface area contributed by atoms with E-state index in [2.05, 4.69) is 6.92 Å². The normalized spacial score (nSPS) is 10.7. The minimum atomic E-state index is -4.64. The van der Waals surface area contributed by atoms with Gasteiger partial charge in [0.25, 0.3) is 0 Å². The van der Waals surface area contributed by atoms with E-state index in [1.165, 1.54) is 83.5 Å². The van der Waals surface area contributed by atoms with Crippen LogP contribution in [-0.4, -0.2) is 26.4 Å². The maximum Gasteiger partial charge on any atom is 1.00 e. The number of hydrogen-bond donors (Lipinski definition) is 4. The number of rotatable bonds is 14. The first-order valence-electron chi connectivity index (χ1n) is 8.81. The van der Waals surface area contributed by atoms with Crippen molar-refractivity contribution in [2.45, 2.75) is 96.8 Å². The zero-order valence-corrected chi connectivity index (χ0v) is 19.3. The summed E-state index contributed by atoms with van der Waals surface area (Å²) in [5.74, 6) is 0. The van der Waals surface area contributed by atoms with Crippen molar-refractivity contribution in [3.05, 3.63) is 0 Å². The summed E-state index contributed by atoms with van der Waals surface area (Å²) in [5.41, 5.74) is 0. The summed E-state index contributed by atoms with van der Waals surface area (Å²) < 4.78 is 8.88. The predicted molar refractivity (Wildman–Crippen MR) is 92.8 cm³/mol. The fourth-order valence-electron chi connectivity index (χ4n) is 2.31. The molecule has 0 spiro atoms. The molecule has 0 fully saturated rings. The molecule has 0 aliphatic heterocycles. The van der Waals surface area contributed by atoms with Crippen molar-refractivity contribution < 1.29 is 77.2 Å². The van der Waals surface area contributed by atoms with Gasteiger partial charge < -0.3 is 21.2 Å². The molecule has 0 bridgehead atoms. The molecule has 138 valence electrons. The summed E-state index contributed by atoms with van der Waals surface area (Å²) >= 11 is 0. The Morgan fingerprint density at radius 3 is 1.09 bits per heavy atom. The summed E-state index contributed by atoms with van der Waals surface area (Å²) in [4.78, 5) is 21.6. The fraction of sp³-hybridized carbons (Fsp3) is 1.00. The minimum Gasteiger partial charge on any atom is -1.00 e. The van der Waals surface area contributed by atoms with Gasteiger partial charge in [0.15, 0.2) is 0 Å². The van der Waals surface area contributed by atoms with Crippen LogP contribution in [0.5, 0.6) is 0 Å². The molecule has 0 aromatic heterocycles. The maximum absolute atomic E-state index is 8.88. The van der Waals surface area contributed by atoms with Gasteiger partial charge in [-0.05, 0) is 6.42 Å². The van der Waals surface area contributed by atoms with Crippen LogP contribution < -0.4 is 51.4 Å². The van der Waals surface area contributed by atoms with Crippen LogP contribution in [0.15, 0.2) is 0 Å². The van der Waals surface area contributed by atoms with Gasteiger partial charge in [0, 0.05) is 6.61 Å². The Morgan fingerprint density at radius 1 is 0.652 bits per heavy atom. The summed E-state index contributed by atoms with van der Waals surface area (Å²) in [7, 11) is -4.64. The average Bonchev–Trinajstić information content (AvgIpc) is 2.42. The third-order valence-electron chi connectivity index (χ3n) is 3.51. The van der Waals surface area contributed by atoms with Gasteiger partial charge in [-0.2, -0.15) is 0 Å². The van der Waals surface area contributed by atoms with Gasteiger partial charge >= 0.3 is 59.2 Å². The molecule has 5 nitrogen and oxygen atoms in total. The Morgan fingerprint density at radius 2 is 0.870 bits per heavy atom. The van der Waals surface area contributed by atoms with Crippen LogP contribution in [0.1, 0.15) is 98.2 Å². The zero-order chi connectivity index (χ0) is 17.1. The molecular weight excluding hydrogens is 342 g/mol. The number of hydrogen-bond acceptors (Lipinski definition) is 2. The molecule has 0 radical (unpaired) electrons. The molecule has 0 saturated heterocycles. The first kappa shape index (κ1) is 29.5. The Hall–Kier alpha value is 1.71. The second-order valence-corrected chi connectivity index (χ2v) is 6.86. The number of aliphatic hydroxyl groups excluding tert-OH is 1. The van der Waals surface area contributed by atoms with E-state index >= 15 is 0 Å². The quantitative estimate of drug-likeness (QED) is 0.209. The van der Waals surface area contributed by atoms with Crippen LogP contribution in [0.25, 0.3) is 0 Å². The Kier molecular flexibility index (Phi) is 30.4. The van der Waals surface area contributed by atoms with E-state index in [-0.39, 0.29) is 52.8 Å². The molecule has 7 heteroatoms. The summed E-state index contributed by atoms with van der Waals surface area (Å²) in [6, 6.07) is 0. The molecule has 23 heavy (non-hydrogen) atoms. The molecule has 0 saturated carbocycles. The van der Waals surface area contributed by atoms with Crippen LogP contribution >= 0.6 is 7.82 Å². The van der Waals surface area contributed by atoms with E-state index in [0.717, 1.165) is 6.42 Å². The van der Waals surface area contributed by atoms with E-state index in [1.807, 2.05) is 0 Å². The van der Waals surface area contributed by atoms with Gasteiger partial charge in [0.2, 0.25) is 0 Å². The smallest absolute Gasteiger partial charge is 1.00 e. The predicted octanol–water partition coefficient (Wildman–Crippen LogP) is 1.65. The van der Waals surface area contributed by atoms with E-state index in [4.69, 9.17) is 24.4 Å².